The molecular weight excluding hydrogens is 256 g/mol. The smallest absolute Gasteiger partial charge is 0.335 e. The second kappa shape index (κ2) is 5.61. The number of hydrogen-bond donors (Lipinski definition) is 2. The number of carboxylic acid groups (broad SMARTS) is 1. The van der Waals surface area contributed by atoms with Crippen molar-refractivity contribution in [3.63, 3.8) is 0 Å². The molecule has 5 nitrogen and oxygen atoms in total. The van der Waals surface area contributed by atoms with Gasteiger partial charge in [-0.3, -0.25) is 4.98 Å². The molecule has 2 aromatic rings. The Labute approximate surface area is 117 Å². The third kappa shape index (κ3) is 2.56. The zero-order valence-electron chi connectivity index (χ0n) is 11.3. The molecule has 5 heteroatoms. The van der Waals surface area contributed by atoms with Crippen LogP contribution in [0.25, 0.3) is 0 Å². The molecule has 0 saturated heterocycles. The number of carbonyl (C=O) groups is 1. The van der Waals surface area contributed by atoms with E-state index in [0.717, 1.165) is 0 Å². The van der Waals surface area contributed by atoms with Gasteiger partial charge in [-0.05, 0) is 31.2 Å². The highest BCUT2D eigenvalue weighted by Gasteiger charge is 2.37. The van der Waals surface area contributed by atoms with Gasteiger partial charge in [0.1, 0.15) is 5.75 Å². The minimum atomic E-state index is -1.34. The third-order valence-corrected chi connectivity index (χ3v) is 3.10. The number of pyridine rings is 1. The number of methoxy groups -OCH3 is 1. The van der Waals surface area contributed by atoms with Crippen LogP contribution in [0.15, 0.2) is 48.7 Å². The number of ether oxygens (including phenoxy) is 1. The molecule has 1 heterocycles. The summed E-state index contributed by atoms with van der Waals surface area (Å²) in [6.07, 6.45) is 1.57. The third-order valence-electron chi connectivity index (χ3n) is 3.10. The predicted octanol–water partition coefficient (Wildman–Crippen LogP) is 2.50. The zero-order valence-corrected chi connectivity index (χ0v) is 11.3. The summed E-state index contributed by atoms with van der Waals surface area (Å²) < 4.78 is 5.23. The molecule has 1 atom stereocenters. The minimum Gasteiger partial charge on any atom is -0.495 e. The number of carboxylic acids is 1. The minimum absolute atomic E-state index is 0.429. The summed E-state index contributed by atoms with van der Waals surface area (Å²) in [5, 5.41) is 12.6. The Kier molecular flexibility index (Phi) is 3.89. The van der Waals surface area contributed by atoms with Gasteiger partial charge in [-0.2, -0.15) is 0 Å². The van der Waals surface area contributed by atoms with Crippen LogP contribution in [0.4, 0.5) is 5.69 Å². The molecule has 104 valence electrons. The van der Waals surface area contributed by atoms with E-state index in [4.69, 9.17) is 4.74 Å². The molecule has 0 spiro atoms. The zero-order chi connectivity index (χ0) is 14.6. The van der Waals surface area contributed by atoms with Crippen LogP contribution in [-0.2, 0) is 10.3 Å². The lowest BCUT2D eigenvalue weighted by molar-refractivity contribution is -0.142. The Balaban J connectivity index is 2.43. The molecule has 1 unspecified atom stereocenters. The van der Waals surface area contributed by atoms with Crippen molar-refractivity contribution >= 4 is 11.7 Å². The predicted molar refractivity (Wildman–Crippen MR) is 75.8 cm³/mol. The molecule has 20 heavy (non-hydrogen) atoms. The molecule has 1 aromatic heterocycles. The molecule has 0 amide bonds. The van der Waals surface area contributed by atoms with E-state index in [0.29, 0.717) is 17.1 Å². The molecule has 0 fully saturated rings. The molecule has 0 radical (unpaired) electrons. The van der Waals surface area contributed by atoms with Crippen molar-refractivity contribution < 1.29 is 14.6 Å². The first-order chi connectivity index (χ1) is 9.58. The van der Waals surface area contributed by atoms with E-state index in [1.165, 1.54) is 0 Å². The fourth-order valence-corrected chi connectivity index (χ4v) is 1.90. The molecule has 2 N–H and O–H groups in total. The Hall–Kier alpha value is -2.56. The first kappa shape index (κ1) is 13.9. The lowest BCUT2D eigenvalue weighted by Crippen LogP contribution is -2.41. The average Bonchev–Trinajstić information content (AvgIpc) is 2.48. The van der Waals surface area contributed by atoms with Gasteiger partial charge in [0.2, 0.25) is 0 Å². The van der Waals surface area contributed by atoms with Crippen molar-refractivity contribution in [3.05, 3.63) is 54.4 Å². The van der Waals surface area contributed by atoms with Crippen molar-refractivity contribution in [1.82, 2.24) is 4.98 Å². The highest BCUT2D eigenvalue weighted by Crippen LogP contribution is 2.30. The van der Waals surface area contributed by atoms with Crippen molar-refractivity contribution in [1.29, 1.82) is 0 Å². The number of aliphatic carboxylic acids is 1. The molecule has 2 rings (SSSR count). The van der Waals surface area contributed by atoms with Crippen LogP contribution in [-0.4, -0.2) is 23.2 Å². The molecule has 0 saturated carbocycles. The molecule has 0 aliphatic carbocycles. The number of aromatic nitrogens is 1. The maximum absolute atomic E-state index is 11.7. The number of hydrogen-bond acceptors (Lipinski definition) is 4. The Bertz CT molecular complexity index is 601. The topological polar surface area (TPSA) is 71.5 Å². The Morgan fingerprint density at radius 1 is 1.25 bits per heavy atom. The molecule has 0 aliphatic heterocycles. The lowest BCUT2D eigenvalue weighted by atomic mass is 9.96. The molecular formula is C15H16N2O3. The molecule has 0 bridgehead atoms. The summed E-state index contributed by atoms with van der Waals surface area (Å²) in [6, 6.07) is 12.3. The number of anilines is 1. The normalized spacial score (nSPS) is 13.3. The fourth-order valence-electron chi connectivity index (χ4n) is 1.90. The van der Waals surface area contributed by atoms with Gasteiger partial charge in [0.05, 0.1) is 18.5 Å². The van der Waals surface area contributed by atoms with Crippen molar-refractivity contribution in [3.8, 4) is 5.75 Å². The summed E-state index contributed by atoms with van der Waals surface area (Å²) in [4.78, 5) is 15.8. The number of para-hydroxylation sites is 2. The second-order valence-corrected chi connectivity index (χ2v) is 4.47. The van der Waals surface area contributed by atoms with E-state index in [1.54, 1.807) is 50.6 Å². The number of nitrogens with one attached hydrogen (secondary N) is 1. The fraction of sp³-hybridized carbons (Fsp3) is 0.200. The summed E-state index contributed by atoms with van der Waals surface area (Å²) in [5.74, 6) is -0.432. The van der Waals surface area contributed by atoms with Gasteiger partial charge in [0.15, 0.2) is 5.54 Å². The first-order valence-electron chi connectivity index (χ1n) is 6.14. The van der Waals surface area contributed by atoms with Gasteiger partial charge in [-0.15, -0.1) is 0 Å². The van der Waals surface area contributed by atoms with Gasteiger partial charge >= 0.3 is 5.97 Å². The highest BCUT2D eigenvalue weighted by atomic mass is 16.5. The number of benzene rings is 1. The van der Waals surface area contributed by atoms with E-state index in [1.807, 2.05) is 12.1 Å². The number of nitrogens with zero attached hydrogens (tertiary/aromatic N) is 1. The van der Waals surface area contributed by atoms with E-state index >= 15 is 0 Å². The van der Waals surface area contributed by atoms with Crippen molar-refractivity contribution in [2.75, 3.05) is 12.4 Å². The largest absolute Gasteiger partial charge is 0.495 e. The maximum atomic E-state index is 11.7. The van der Waals surface area contributed by atoms with Crippen molar-refractivity contribution in [2.45, 2.75) is 12.5 Å². The van der Waals surface area contributed by atoms with Crippen LogP contribution in [0.3, 0.4) is 0 Å². The average molecular weight is 272 g/mol. The van der Waals surface area contributed by atoms with Gasteiger partial charge in [0.25, 0.3) is 0 Å². The SMILES string of the molecule is COc1ccccc1NC(C)(C(=O)O)c1ccccn1. The van der Waals surface area contributed by atoms with E-state index < -0.39 is 11.5 Å². The van der Waals surface area contributed by atoms with Gasteiger partial charge < -0.3 is 15.2 Å². The van der Waals surface area contributed by atoms with Crippen LogP contribution in [0, 0.1) is 0 Å². The van der Waals surface area contributed by atoms with Crippen LogP contribution in [0.5, 0.6) is 5.75 Å². The lowest BCUT2D eigenvalue weighted by Gasteiger charge is -2.27. The Morgan fingerprint density at radius 2 is 1.95 bits per heavy atom. The number of rotatable bonds is 5. The van der Waals surface area contributed by atoms with Crippen LogP contribution in [0.2, 0.25) is 0 Å². The molecule has 0 aliphatic rings. The summed E-state index contributed by atoms with van der Waals surface area (Å²) >= 11 is 0. The van der Waals surface area contributed by atoms with E-state index in [9.17, 15) is 9.90 Å². The van der Waals surface area contributed by atoms with Gasteiger partial charge in [-0.1, -0.05) is 18.2 Å². The quantitative estimate of drug-likeness (QED) is 0.875. The first-order valence-corrected chi connectivity index (χ1v) is 6.14. The summed E-state index contributed by atoms with van der Waals surface area (Å²) in [5.41, 5.74) is -0.306. The monoisotopic (exact) mass is 272 g/mol. The standard InChI is InChI=1S/C15H16N2O3/c1-15(14(18)19,13-9-5-6-10-16-13)17-11-7-3-4-8-12(11)20-2/h3-10,17H,1-2H3,(H,18,19). The van der Waals surface area contributed by atoms with Crippen LogP contribution >= 0.6 is 0 Å². The van der Waals surface area contributed by atoms with Crippen LogP contribution < -0.4 is 10.1 Å². The van der Waals surface area contributed by atoms with Crippen LogP contribution in [0.1, 0.15) is 12.6 Å². The summed E-state index contributed by atoms with van der Waals surface area (Å²) in [7, 11) is 1.54. The van der Waals surface area contributed by atoms with Crippen molar-refractivity contribution in [2.24, 2.45) is 0 Å². The van der Waals surface area contributed by atoms with E-state index in [-0.39, 0.29) is 0 Å². The highest BCUT2D eigenvalue weighted by molar-refractivity contribution is 5.84. The molecule has 1 aromatic carbocycles. The van der Waals surface area contributed by atoms with Gasteiger partial charge in [-0.25, -0.2) is 4.79 Å². The van der Waals surface area contributed by atoms with E-state index in [2.05, 4.69) is 10.3 Å². The second-order valence-electron chi connectivity index (χ2n) is 4.47. The Morgan fingerprint density at radius 3 is 2.55 bits per heavy atom. The van der Waals surface area contributed by atoms with Gasteiger partial charge in [0, 0.05) is 6.20 Å². The summed E-state index contributed by atoms with van der Waals surface area (Å²) in [6.45, 7) is 1.57. The maximum Gasteiger partial charge on any atom is 0.335 e.